The molecule has 0 spiro atoms. The molecule has 432 valence electrons. The summed E-state index contributed by atoms with van der Waals surface area (Å²) in [5.74, 6) is -5.68. The number of unbranched alkanes of at least 4 members (excludes halogenated alkanes) is 1. The standard InChI is InChI=1S/C54H82N10O13S/c1-32(2)39(63(12)51(73)46(53(6,7)8)61-50(72)45(56-11)54(9,10)35-19-14-13-15-20-35)31-34(5)47(69)62-78(75,76)37-26-24-36(25-27-37)58-48(70)38(21-18-30-57-52(55)74)59-49(71)44(33(3)4)60-40(65)22-16-17-23-43(68)77-64-41(66)28-29-42(64)67/h13-15,19-20,24-27,31-33,38-39,41,44-46,56,66H,16-18,21-23,28-30H2,1-12H3,(H,58,70)(H,59,71)(H,60,65)(H,61,72)(H,62,69)(H3,55,57,74). The number of benzene rings is 2. The third-order valence-corrected chi connectivity index (χ3v) is 14.7. The van der Waals surface area contributed by atoms with Crippen LogP contribution in [0.15, 0.2) is 71.1 Å². The third-order valence-electron chi connectivity index (χ3n) is 13.3. The number of hydrogen-bond acceptors (Lipinski definition) is 14. The van der Waals surface area contributed by atoms with Crippen LogP contribution >= 0.6 is 0 Å². The number of rotatable bonds is 28. The molecule has 2 aromatic rings. The average Bonchev–Trinajstić information content (AvgIpc) is 3.67. The lowest BCUT2D eigenvalue weighted by molar-refractivity contribution is -0.220. The molecule has 2 aromatic carbocycles. The first-order chi connectivity index (χ1) is 36.3. The molecule has 6 atom stereocenters. The van der Waals surface area contributed by atoms with Crippen LogP contribution in [0, 0.1) is 17.3 Å². The third kappa shape index (κ3) is 19.2. The number of nitrogens with two attached hydrogens (primary N) is 1. The van der Waals surface area contributed by atoms with Gasteiger partial charge in [0.15, 0.2) is 6.23 Å². The largest absolute Gasteiger partial charge is 0.370 e. The van der Waals surface area contributed by atoms with Crippen LogP contribution in [0.3, 0.4) is 0 Å². The van der Waals surface area contributed by atoms with E-state index in [4.69, 9.17) is 10.6 Å². The molecule has 0 aliphatic carbocycles. The van der Waals surface area contributed by atoms with E-state index in [-0.39, 0.29) is 85.9 Å². The maximum Gasteiger partial charge on any atom is 0.332 e. The summed E-state index contributed by atoms with van der Waals surface area (Å²) in [4.78, 5) is 124. The number of hydrogen-bond donors (Lipinski definition) is 9. The minimum atomic E-state index is -4.50. The van der Waals surface area contributed by atoms with Gasteiger partial charge in [-0.1, -0.05) is 98.7 Å². The number of primary amides is 1. The Kier molecular flexibility index (Phi) is 24.4. The van der Waals surface area contributed by atoms with Gasteiger partial charge in [-0.25, -0.2) is 22.7 Å². The molecule has 10 N–H and O–H groups in total. The molecule has 3 rings (SSSR count). The Morgan fingerprint density at radius 1 is 0.833 bits per heavy atom. The summed E-state index contributed by atoms with van der Waals surface area (Å²) in [6, 6.07) is 8.88. The maximum absolute atomic E-state index is 14.4. The van der Waals surface area contributed by atoms with Crippen molar-refractivity contribution in [3.8, 4) is 0 Å². The zero-order chi connectivity index (χ0) is 58.9. The monoisotopic (exact) mass is 1110 g/mol. The minimum Gasteiger partial charge on any atom is -0.370 e. The number of nitrogens with one attached hydrogen (secondary N) is 7. The van der Waals surface area contributed by atoms with E-state index >= 15 is 0 Å². The highest BCUT2D eigenvalue weighted by Gasteiger charge is 2.42. The van der Waals surface area contributed by atoms with Crippen molar-refractivity contribution in [2.24, 2.45) is 23.0 Å². The van der Waals surface area contributed by atoms with Crippen molar-refractivity contribution in [3.63, 3.8) is 0 Å². The van der Waals surface area contributed by atoms with Gasteiger partial charge in [0, 0.05) is 56.0 Å². The molecule has 78 heavy (non-hydrogen) atoms. The van der Waals surface area contributed by atoms with E-state index in [1.807, 2.05) is 78.8 Å². The number of carbonyl (C=O) groups is 9. The number of amides is 9. The molecule has 0 bridgehead atoms. The van der Waals surface area contributed by atoms with Gasteiger partial charge in [-0.05, 0) is 86.7 Å². The highest BCUT2D eigenvalue weighted by molar-refractivity contribution is 7.90. The molecule has 24 heteroatoms. The Balaban J connectivity index is 1.70. The number of aliphatic hydroxyl groups excluding tert-OH is 1. The van der Waals surface area contributed by atoms with Crippen molar-refractivity contribution < 1.29 is 61.5 Å². The molecule has 23 nitrogen and oxygen atoms in total. The smallest absolute Gasteiger partial charge is 0.332 e. The number of urea groups is 1. The molecule has 0 aromatic heterocycles. The fourth-order valence-corrected chi connectivity index (χ4v) is 9.68. The summed E-state index contributed by atoms with van der Waals surface area (Å²) >= 11 is 0. The number of carbonyl (C=O) groups excluding carboxylic acids is 9. The molecule has 1 fully saturated rings. The van der Waals surface area contributed by atoms with E-state index in [1.165, 1.54) is 30.0 Å². The normalized spacial score (nSPS) is 16.0. The Morgan fingerprint density at radius 3 is 1.99 bits per heavy atom. The van der Waals surface area contributed by atoms with E-state index in [1.54, 1.807) is 27.9 Å². The Bertz CT molecular complexity index is 2590. The second kappa shape index (κ2) is 29.2. The van der Waals surface area contributed by atoms with Crippen molar-refractivity contribution in [3.05, 3.63) is 71.8 Å². The fourth-order valence-electron chi connectivity index (χ4n) is 8.67. The lowest BCUT2D eigenvalue weighted by atomic mass is 9.76. The number of sulfonamides is 1. The Morgan fingerprint density at radius 2 is 1.45 bits per heavy atom. The summed E-state index contributed by atoms with van der Waals surface area (Å²) in [7, 11) is -1.25. The molecule has 1 saturated heterocycles. The van der Waals surface area contributed by atoms with Gasteiger partial charge < -0.3 is 52.5 Å². The summed E-state index contributed by atoms with van der Waals surface area (Å²) < 4.78 is 29.2. The van der Waals surface area contributed by atoms with Gasteiger partial charge in [-0.3, -0.25) is 33.6 Å². The number of nitrogens with zero attached hydrogens (tertiary/aromatic N) is 2. The van der Waals surface area contributed by atoms with Crippen LogP contribution in [0.4, 0.5) is 10.5 Å². The van der Waals surface area contributed by atoms with Crippen LogP contribution in [0.2, 0.25) is 0 Å². The van der Waals surface area contributed by atoms with Crippen molar-refractivity contribution in [2.45, 2.75) is 167 Å². The van der Waals surface area contributed by atoms with Crippen LogP contribution < -0.4 is 42.4 Å². The van der Waals surface area contributed by atoms with Crippen molar-refractivity contribution >= 4 is 69.1 Å². The predicted molar refractivity (Wildman–Crippen MR) is 291 cm³/mol. The second-order valence-corrected chi connectivity index (χ2v) is 23.5. The van der Waals surface area contributed by atoms with Crippen molar-refractivity contribution in [1.29, 1.82) is 0 Å². The second-order valence-electron chi connectivity index (χ2n) is 21.8. The highest BCUT2D eigenvalue weighted by Crippen LogP contribution is 2.29. The van der Waals surface area contributed by atoms with Gasteiger partial charge in [0.25, 0.3) is 21.8 Å². The Hall–Kier alpha value is -6.92. The summed E-state index contributed by atoms with van der Waals surface area (Å²) in [6.45, 7) is 17.9. The van der Waals surface area contributed by atoms with Gasteiger partial charge in [0.2, 0.25) is 29.5 Å². The van der Waals surface area contributed by atoms with Crippen LogP contribution in [-0.4, -0.2) is 134 Å². The van der Waals surface area contributed by atoms with Gasteiger partial charge in [-0.15, -0.1) is 5.06 Å². The SMILES string of the molecule is CNC(C(=O)NC(C(=O)N(C)C(C=C(C)C(=O)NS(=O)(=O)c1ccc(NC(=O)C(CCCNC(N)=O)NC(=O)C(NC(=O)CCCCC(=O)ON2C(=O)CCC2O)C(C)C)cc1)C(C)C)C(C)(C)C)C(C)(C)c1ccccc1. The van der Waals surface area contributed by atoms with Crippen molar-refractivity contribution in [2.75, 3.05) is 26.0 Å². The fraction of sp³-hybridized carbons (Fsp3) is 0.574. The van der Waals surface area contributed by atoms with E-state index < -0.39 is 111 Å². The van der Waals surface area contributed by atoms with E-state index in [2.05, 4.69) is 36.6 Å². The molecule has 9 amide bonds. The molecule has 1 aliphatic heterocycles. The average molecular weight is 1110 g/mol. The summed E-state index contributed by atoms with van der Waals surface area (Å²) in [5.41, 5.74) is 4.81. The zero-order valence-corrected chi connectivity index (χ0v) is 47.8. The first kappa shape index (κ1) is 65.4. The number of aliphatic hydroxyl groups is 1. The molecular weight excluding hydrogens is 1030 g/mol. The van der Waals surface area contributed by atoms with Crippen molar-refractivity contribution in [1.82, 2.24) is 41.3 Å². The molecule has 1 heterocycles. The molecule has 0 radical (unpaired) electrons. The first-order valence-electron chi connectivity index (χ1n) is 26.1. The van der Waals surface area contributed by atoms with Crippen LogP contribution in [0.1, 0.15) is 126 Å². The van der Waals surface area contributed by atoms with Crippen LogP contribution in [0.25, 0.3) is 0 Å². The zero-order valence-electron chi connectivity index (χ0n) is 47.0. The van der Waals surface area contributed by atoms with Crippen LogP contribution in [0.5, 0.6) is 0 Å². The first-order valence-corrected chi connectivity index (χ1v) is 27.6. The lowest BCUT2D eigenvalue weighted by Gasteiger charge is -2.40. The summed E-state index contributed by atoms with van der Waals surface area (Å²) in [5, 5.41) is 26.9. The molecule has 6 unspecified atom stereocenters. The lowest BCUT2D eigenvalue weighted by Crippen LogP contribution is -2.61. The number of hydroxylamine groups is 2. The van der Waals surface area contributed by atoms with Gasteiger partial charge in [0.05, 0.1) is 17.0 Å². The van der Waals surface area contributed by atoms with E-state index in [0.717, 1.165) is 17.7 Å². The topological polar surface area (TPSA) is 334 Å². The molecular formula is C54H82N10O13S. The van der Waals surface area contributed by atoms with E-state index in [0.29, 0.717) is 5.06 Å². The quantitative estimate of drug-likeness (QED) is 0.0437. The van der Waals surface area contributed by atoms with Gasteiger partial charge in [0.1, 0.15) is 18.1 Å². The van der Waals surface area contributed by atoms with Crippen LogP contribution in [-0.2, 0) is 58.6 Å². The van der Waals surface area contributed by atoms with Gasteiger partial charge >= 0.3 is 12.0 Å². The highest BCUT2D eigenvalue weighted by atomic mass is 32.2. The van der Waals surface area contributed by atoms with Gasteiger partial charge in [-0.2, -0.15) is 0 Å². The minimum absolute atomic E-state index is 0.00173. The number of anilines is 1. The number of likely N-dealkylation sites (N-methyl/N-ethyl adjacent to an activating group) is 2. The summed E-state index contributed by atoms with van der Waals surface area (Å²) in [6.07, 6.45) is 0.896. The maximum atomic E-state index is 14.4. The predicted octanol–water partition coefficient (Wildman–Crippen LogP) is 2.99. The van der Waals surface area contributed by atoms with E-state index in [9.17, 15) is 56.7 Å². The Labute approximate surface area is 458 Å². The molecule has 1 aliphatic rings. The molecule has 0 saturated carbocycles.